The van der Waals surface area contributed by atoms with Crippen LogP contribution in [-0.4, -0.2) is 12.0 Å². The van der Waals surface area contributed by atoms with Crippen molar-refractivity contribution in [2.75, 3.05) is 7.05 Å². The molecule has 0 aromatic carbocycles. The Labute approximate surface area is 84.7 Å². The SMILES string of the molecule is CNC1c2cnccc2CCC12CC2. The molecule has 2 aliphatic carbocycles. The van der Waals surface area contributed by atoms with Gasteiger partial charge in [0.05, 0.1) is 0 Å². The molecular formula is C12H16N2. The molecule has 0 radical (unpaired) electrons. The lowest BCUT2D eigenvalue weighted by molar-refractivity contribution is 0.312. The molecule has 1 unspecified atom stereocenters. The van der Waals surface area contributed by atoms with Crippen LogP contribution in [0.5, 0.6) is 0 Å². The Morgan fingerprint density at radius 1 is 1.43 bits per heavy atom. The first-order valence-electron chi connectivity index (χ1n) is 5.46. The third-order valence-electron chi connectivity index (χ3n) is 3.94. The quantitative estimate of drug-likeness (QED) is 0.729. The highest BCUT2D eigenvalue weighted by Gasteiger charge is 2.51. The highest BCUT2D eigenvalue weighted by atomic mass is 14.9. The molecule has 3 rings (SSSR count). The summed E-state index contributed by atoms with van der Waals surface area (Å²) < 4.78 is 0. The number of hydrogen-bond acceptors (Lipinski definition) is 2. The van der Waals surface area contributed by atoms with Gasteiger partial charge in [-0.15, -0.1) is 0 Å². The van der Waals surface area contributed by atoms with Crippen LogP contribution < -0.4 is 5.32 Å². The van der Waals surface area contributed by atoms with Crippen LogP contribution in [0.1, 0.15) is 36.4 Å². The van der Waals surface area contributed by atoms with Gasteiger partial charge in [0.25, 0.3) is 0 Å². The average molecular weight is 188 g/mol. The van der Waals surface area contributed by atoms with Crippen molar-refractivity contribution in [2.45, 2.75) is 31.7 Å². The summed E-state index contributed by atoms with van der Waals surface area (Å²) >= 11 is 0. The molecule has 74 valence electrons. The predicted molar refractivity (Wildman–Crippen MR) is 56.0 cm³/mol. The predicted octanol–water partition coefficient (Wildman–Crippen LogP) is 2.07. The van der Waals surface area contributed by atoms with Crippen LogP contribution in [0.25, 0.3) is 0 Å². The minimum Gasteiger partial charge on any atom is -0.312 e. The maximum absolute atomic E-state index is 4.25. The molecule has 0 amide bonds. The molecule has 2 aliphatic rings. The van der Waals surface area contributed by atoms with Crippen LogP contribution >= 0.6 is 0 Å². The number of aromatic nitrogens is 1. The summed E-state index contributed by atoms with van der Waals surface area (Å²) in [6.45, 7) is 0. The van der Waals surface area contributed by atoms with Crippen LogP contribution in [0.4, 0.5) is 0 Å². The molecule has 1 atom stereocenters. The Hall–Kier alpha value is -0.890. The van der Waals surface area contributed by atoms with Crippen LogP contribution in [-0.2, 0) is 6.42 Å². The van der Waals surface area contributed by atoms with Gasteiger partial charge in [-0.25, -0.2) is 0 Å². The maximum Gasteiger partial charge on any atom is 0.0392 e. The topological polar surface area (TPSA) is 24.9 Å². The second kappa shape index (κ2) is 2.80. The lowest BCUT2D eigenvalue weighted by Gasteiger charge is -2.33. The normalized spacial score (nSPS) is 27.4. The van der Waals surface area contributed by atoms with E-state index in [4.69, 9.17) is 0 Å². The monoisotopic (exact) mass is 188 g/mol. The van der Waals surface area contributed by atoms with E-state index in [9.17, 15) is 0 Å². The van der Waals surface area contributed by atoms with Gasteiger partial charge in [-0.3, -0.25) is 4.98 Å². The van der Waals surface area contributed by atoms with Crippen molar-refractivity contribution in [2.24, 2.45) is 5.41 Å². The summed E-state index contributed by atoms with van der Waals surface area (Å²) in [6, 6.07) is 2.73. The first-order valence-corrected chi connectivity index (χ1v) is 5.46. The first-order chi connectivity index (χ1) is 6.86. The largest absolute Gasteiger partial charge is 0.312 e. The molecule has 0 aliphatic heterocycles. The molecule has 1 aromatic heterocycles. The summed E-state index contributed by atoms with van der Waals surface area (Å²) in [5.41, 5.74) is 3.53. The molecule has 1 N–H and O–H groups in total. The fraction of sp³-hybridized carbons (Fsp3) is 0.583. The van der Waals surface area contributed by atoms with E-state index in [2.05, 4.69) is 29.6 Å². The fourth-order valence-electron chi connectivity index (χ4n) is 2.94. The van der Waals surface area contributed by atoms with Crippen molar-refractivity contribution in [3.05, 3.63) is 29.6 Å². The van der Waals surface area contributed by atoms with Crippen molar-refractivity contribution in [1.82, 2.24) is 10.3 Å². The summed E-state index contributed by atoms with van der Waals surface area (Å²) in [4.78, 5) is 4.25. The Kier molecular flexibility index (Phi) is 1.68. The van der Waals surface area contributed by atoms with Gasteiger partial charge in [0, 0.05) is 18.4 Å². The lowest BCUT2D eigenvalue weighted by atomic mass is 9.78. The van der Waals surface area contributed by atoms with Gasteiger partial charge in [-0.05, 0) is 55.3 Å². The fourth-order valence-corrected chi connectivity index (χ4v) is 2.94. The van der Waals surface area contributed by atoms with E-state index in [1.54, 1.807) is 0 Å². The minimum atomic E-state index is 0.556. The van der Waals surface area contributed by atoms with Crippen molar-refractivity contribution >= 4 is 0 Å². The Bertz CT molecular complexity index is 355. The molecule has 1 spiro atoms. The van der Waals surface area contributed by atoms with Crippen LogP contribution in [0.3, 0.4) is 0 Å². The number of nitrogens with one attached hydrogen (secondary N) is 1. The molecule has 1 aromatic rings. The zero-order valence-corrected chi connectivity index (χ0v) is 8.59. The van der Waals surface area contributed by atoms with Gasteiger partial charge < -0.3 is 5.32 Å². The van der Waals surface area contributed by atoms with Gasteiger partial charge in [0.2, 0.25) is 0 Å². The molecule has 0 saturated heterocycles. The van der Waals surface area contributed by atoms with Crippen molar-refractivity contribution in [3.8, 4) is 0 Å². The average Bonchev–Trinajstić information content (AvgIpc) is 2.99. The van der Waals surface area contributed by atoms with Crippen LogP contribution in [0.15, 0.2) is 18.5 Å². The van der Waals surface area contributed by atoms with E-state index in [1.807, 2.05) is 6.20 Å². The van der Waals surface area contributed by atoms with Crippen LogP contribution in [0, 0.1) is 5.41 Å². The summed E-state index contributed by atoms with van der Waals surface area (Å²) in [5, 5.41) is 3.47. The Morgan fingerprint density at radius 3 is 3.00 bits per heavy atom. The van der Waals surface area contributed by atoms with Gasteiger partial charge in [0.1, 0.15) is 0 Å². The Balaban J connectivity index is 2.06. The van der Waals surface area contributed by atoms with Crippen LogP contribution in [0.2, 0.25) is 0 Å². The molecule has 1 heterocycles. The molecule has 2 heteroatoms. The van der Waals surface area contributed by atoms with E-state index < -0.39 is 0 Å². The number of rotatable bonds is 1. The van der Waals surface area contributed by atoms with E-state index >= 15 is 0 Å². The summed E-state index contributed by atoms with van der Waals surface area (Å²) in [5.74, 6) is 0. The van der Waals surface area contributed by atoms with Crippen molar-refractivity contribution in [3.63, 3.8) is 0 Å². The number of pyridine rings is 1. The zero-order valence-electron chi connectivity index (χ0n) is 8.59. The smallest absolute Gasteiger partial charge is 0.0392 e. The lowest BCUT2D eigenvalue weighted by Crippen LogP contribution is -2.31. The number of hydrogen-bond donors (Lipinski definition) is 1. The molecule has 1 saturated carbocycles. The number of aryl methyl sites for hydroxylation is 1. The summed E-state index contributed by atoms with van der Waals surface area (Å²) in [7, 11) is 2.08. The zero-order chi connectivity index (χ0) is 9.60. The third-order valence-corrected chi connectivity index (χ3v) is 3.94. The summed E-state index contributed by atoms with van der Waals surface area (Å²) in [6.07, 6.45) is 9.36. The highest BCUT2D eigenvalue weighted by Crippen LogP contribution is 2.60. The minimum absolute atomic E-state index is 0.556. The number of fused-ring (bicyclic) bond motifs is 1. The highest BCUT2D eigenvalue weighted by molar-refractivity contribution is 5.33. The van der Waals surface area contributed by atoms with Crippen molar-refractivity contribution < 1.29 is 0 Å². The second-order valence-corrected chi connectivity index (χ2v) is 4.66. The molecule has 1 fully saturated rings. The third kappa shape index (κ3) is 1.04. The van der Waals surface area contributed by atoms with Crippen molar-refractivity contribution in [1.29, 1.82) is 0 Å². The van der Waals surface area contributed by atoms with Gasteiger partial charge in [0.15, 0.2) is 0 Å². The second-order valence-electron chi connectivity index (χ2n) is 4.66. The van der Waals surface area contributed by atoms with E-state index in [0.29, 0.717) is 11.5 Å². The molecular weight excluding hydrogens is 172 g/mol. The van der Waals surface area contributed by atoms with E-state index in [-0.39, 0.29) is 0 Å². The standard InChI is InChI=1S/C12H16N2/c1-13-11-10-8-14-7-3-9(10)2-4-12(11)5-6-12/h3,7-8,11,13H,2,4-6H2,1H3. The van der Waals surface area contributed by atoms with Gasteiger partial charge in [-0.1, -0.05) is 0 Å². The van der Waals surface area contributed by atoms with Gasteiger partial charge >= 0.3 is 0 Å². The molecule has 14 heavy (non-hydrogen) atoms. The number of nitrogens with zero attached hydrogens (tertiary/aromatic N) is 1. The van der Waals surface area contributed by atoms with E-state index in [0.717, 1.165) is 0 Å². The Morgan fingerprint density at radius 2 is 2.29 bits per heavy atom. The maximum atomic E-state index is 4.25. The first kappa shape index (κ1) is 8.42. The molecule has 2 nitrogen and oxygen atoms in total. The molecule has 0 bridgehead atoms. The van der Waals surface area contributed by atoms with E-state index in [1.165, 1.54) is 36.8 Å². The van der Waals surface area contributed by atoms with Gasteiger partial charge in [-0.2, -0.15) is 0 Å².